The number of benzene rings is 1. The van der Waals surface area contributed by atoms with Crippen molar-refractivity contribution in [3.63, 3.8) is 0 Å². The zero-order valence-electron chi connectivity index (χ0n) is 21.8. The number of hydrogen-bond donors (Lipinski definition) is 0. The third-order valence-electron chi connectivity index (χ3n) is 5.14. The lowest BCUT2D eigenvalue weighted by Crippen LogP contribution is -2.28. The summed E-state index contributed by atoms with van der Waals surface area (Å²) in [7, 11) is -6.86. The van der Waals surface area contributed by atoms with Gasteiger partial charge in [0.25, 0.3) is 0 Å². The number of unbranched alkanes of at least 4 members (excludes halogenated alkanes) is 4. The van der Waals surface area contributed by atoms with Gasteiger partial charge in [-0.25, -0.2) is 0 Å². The molecule has 0 N–H and O–H groups in total. The van der Waals surface area contributed by atoms with Crippen LogP contribution < -0.4 is 0 Å². The third kappa shape index (κ3) is 14.1. The normalized spacial score (nSPS) is 12.5. The molecule has 9 heteroatoms. The van der Waals surface area contributed by atoms with Gasteiger partial charge in [-0.1, -0.05) is 83.7 Å². The van der Waals surface area contributed by atoms with Crippen molar-refractivity contribution in [1.29, 1.82) is 0 Å². The minimum absolute atomic E-state index is 0.0353. The second-order valence-electron chi connectivity index (χ2n) is 8.57. The maximum atomic E-state index is 13.7. The Morgan fingerprint density at radius 2 is 0.971 bits per heavy atom. The molecule has 198 valence electrons. The van der Waals surface area contributed by atoms with Crippen molar-refractivity contribution in [2.75, 3.05) is 39.0 Å². The summed E-state index contributed by atoms with van der Waals surface area (Å²) in [5.41, 5.74) is 1.02. The van der Waals surface area contributed by atoms with Gasteiger partial charge < -0.3 is 18.1 Å². The van der Waals surface area contributed by atoms with Gasteiger partial charge in [0, 0.05) is 6.54 Å². The standard InChI is InChI=1S/C25H47NO6P2/c1-5-9-18-29-33(27,30-19-10-6-2)23-26(22-25-16-14-13-15-17-25)24-34(28,31-20-11-7-3)32-21-12-8-4/h13-17H,5-12,18-24H2,1-4H3. The van der Waals surface area contributed by atoms with Gasteiger partial charge in [-0.15, -0.1) is 0 Å². The number of hydrogen-bond acceptors (Lipinski definition) is 7. The maximum absolute atomic E-state index is 13.7. The van der Waals surface area contributed by atoms with E-state index < -0.39 is 15.2 Å². The van der Waals surface area contributed by atoms with E-state index in [9.17, 15) is 9.13 Å². The highest BCUT2D eigenvalue weighted by Gasteiger charge is 2.34. The zero-order valence-corrected chi connectivity index (χ0v) is 23.6. The average molecular weight is 520 g/mol. The lowest BCUT2D eigenvalue weighted by molar-refractivity contribution is 0.167. The minimum atomic E-state index is -3.43. The van der Waals surface area contributed by atoms with Crippen LogP contribution in [0.4, 0.5) is 0 Å². The highest BCUT2D eigenvalue weighted by Crippen LogP contribution is 2.54. The molecule has 0 saturated carbocycles. The SMILES string of the molecule is CCCCOP(=O)(CN(Cc1ccccc1)CP(=O)(OCCCC)OCCCC)OCCCC. The summed E-state index contributed by atoms with van der Waals surface area (Å²) in [5.74, 6) is 0. The molecular formula is C25H47NO6P2. The van der Waals surface area contributed by atoms with E-state index in [1.54, 1.807) is 0 Å². The molecule has 0 unspecified atom stereocenters. The Bertz CT molecular complexity index is 651. The monoisotopic (exact) mass is 519 g/mol. The Balaban J connectivity index is 3.10. The van der Waals surface area contributed by atoms with E-state index in [1.807, 2.05) is 35.2 Å². The van der Waals surface area contributed by atoms with Crippen molar-refractivity contribution in [1.82, 2.24) is 4.90 Å². The molecule has 34 heavy (non-hydrogen) atoms. The highest BCUT2D eigenvalue weighted by molar-refractivity contribution is 7.54. The van der Waals surface area contributed by atoms with Crippen LogP contribution in [0.3, 0.4) is 0 Å². The van der Waals surface area contributed by atoms with Gasteiger partial charge in [0.1, 0.15) is 12.6 Å². The summed E-state index contributed by atoms with van der Waals surface area (Å²) >= 11 is 0. The van der Waals surface area contributed by atoms with Crippen LogP contribution in [0.2, 0.25) is 0 Å². The van der Waals surface area contributed by atoms with Gasteiger partial charge in [-0.05, 0) is 31.2 Å². The first-order valence-electron chi connectivity index (χ1n) is 12.9. The van der Waals surface area contributed by atoms with Crippen LogP contribution in [0.5, 0.6) is 0 Å². The van der Waals surface area contributed by atoms with E-state index >= 15 is 0 Å². The third-order valence-corrected chi connectivity index (χ3v) is 8.94. The molecule has 1 rings (SSSR count). The molecule has 0 radical (unpaired) electrons. The van der Waals surface area contributed by atoms with E-state index in [0.717, 1.165) is 56.9 Å². The molecule has 1 aromatic carbocycles. The Morgan fingerprint density at radius 1 is 0.618 bits per heavy atom. The Morgan fingerprint density at radius 3 is 1.29 bits per heavy atom. The van der Waals surface area contributed by atoms with Crippen LogP contribution in [0.1, 0.15) is 84.6 Å². The molecule has 0 heterocycles. The largest absolute Gasteiger partial charge is 0.344 e. The van der Waals surface area contributed by atoms with Crippen LogP contribution in [0, 0.1) is 0 Å². The molecule has 0 saturated heterocycles. The minimum Gasteiger partial charge on any atom is -0.308 e. The molecule has 0 aliphatic heterocycles. The smallest absolute Gasteiger partial charge is 0.308 e. The van der Waals surface area contributed by atoms with Gasteiger partial charge in [0.15, 0.2) is 0 Å². The van der Waals surface area contributed by atoms with E-state index in [2.05, 4.69) is 27.7 Å². The molecule has 0 bridgehead atoms. The lowest BCUT2D eigenvalue weighted by Gasteiger charge is -2.30. The van der Waals surface area contributed by atoms with E-state index in [1.165, 1.54) is 0 Å². The molecule has 1 aromatic rings. The topological polar surface area (TPSA) is 74.3 Å². The molecule has 0 aliphatic carbocycles. The summed E-state index contributed by atoms with van der Waals surface area (Å²) in [4.78, 5) is 1.85. The number of rotatable bonds is 22. The van der Waals surface area contributed by atoms with Crippen LogP contribution >= 0.6 is 15.2 Å². The Hall–Kier alpha value is -0.520. The first-order chi connectivity index (χ1) is 16.4. The first kappa shape index (κ1) is 31.5. The van der Waals surface area contributed by atoms with Gasteiger partial charge in [-0.2, -0.15) is 0 Å². The summed E-state index contributed by atoms with van der Waals surface area (Å²) < 4.78 is 50.7. The molecule has 0 fully saturated rings. The summed E-state index contributed by atoms with van der Waals surface area (Å²) in [6.45, 7) is 10.2. The van der Waals surface area contributed by atoms with Crippen molar-refractivity contribution < 1.29 is 27.2 Å². The van der Waals surface area contributed by atoms with Crippen LogP contribution in [-0.2, 0) is 33.8 Å². The predicted molar refractivity (Wildman–Crippen MR) is 140 cm³/mol. The van der Waals surface area contributed by atoms with E-state index in [-0.39, 0.29) is 12.6 Å². The van der Waals surface area contributed by atoms with Crippen molar-refractivity contribution in [2.24, 2.45) is 0 Å². The Kier molecular flexibility index (Phi) is 17.3. The molecule has 0 aliphatic rings. The molecule has 0 spiro atoms. The Labute approximate surface area is 208 Å². The van der Waals surface area contributed by atoms with Crippen molar-refractivity contribution in [2.45, 2.75) is 85.6 Å². The second-order valence-corrected chi connectivity index (χ2v) is 12.6. The first-order valence-corrected chi connectivity index (χ1v) is 16.4. The lowest BCUT2D eigenvalue weighted by atomic mass is 10.2. The quantitative estimate of drug-likeness (QED) is 0.113. The van der Waals surface area contributed by atoms with Crippen molar-refractivity contribution in [3.8, 4) is 0 Å². The van der Waals surface area contributed by atoms with E-state index in [0.29, 0.717) is 33.0 Å². The highest BCUT2D eigenvalue weighted by atomic mass is 31.2. The van der Waals surface area contributed by atoms with Gasteiger partial charge in [-0.3, -0.25) is 14.0 Å². The molecule has 0 amide bonds. The van der Waals surface area contributed by atoms with Crippen molar-refractivity contribution >= 4 is 15.2 Å². The summed E-state index contributed by atoms with van der Waals surface area (Å²) in [6.07, 6.45) is 7.04. The summed E-state index contributed by atoms with van der Waals surface area (Å²) in [6, 6.07) is 9.85. The average Bonchev–Trinajstić information content (AvgIpc) is 2.80. The van der Waals surface area contributed by atoms with E-state index in [4.69, 9.17) is 18.1 Å². The maximum Gasteiger partial charge on any atom is 0.344 e. The fourth-order valence-corrected chi connectivity index (χ4v) is 6.75. The second kappa shape index (κ2) is 18.7. The molecular weight excluding hydrogens is 472 g/mol. The fraction of sp³-hybridized carbons (Fsp3) is 0.760. The number of nitrogens with zero attached hydrogens (tertiary/aromatic N) is 1. The molecule has 0 atom stereocenters. The van der Waals surface area contributed by atoms with Gasteiger partial charge >= 0.3 is 15.2 Å². The molecule has 0 aromatic heterocycles. The van der Waals surface area contributed by atoms with Crippen LogP contribution in [0.25, 0.3) is 0 Å². The molecule has 7 nitrogen and oxygen atoms in total. The van der Waals surface area contributed by atoms with Gasteiger partial charge in [0.05, 0.1) is 26.4 Å². The van der Waals surface area contributed by atoms with Crippen molar-refractivity contribution in [3.05, 3.63) is 35.9 Å². The summed E-state index contributed by atoms with van der Waals surface area (Å²) in [5, 5.41) is 0. The van der Waals surface area contributed by atoms with Crippen LogP contribution in [0.15, 0.2) is 30.3 Å². The fourth-order valence-electron chi connectivity index (χ4n) is 3.11. The predicted octanol–water partition coefficient (Wildman–Crippen LogP) is 8.06. The van der Waals surface area contributed by atoms with Crippen LogP contribution in [-0.4, -0.2) is 43.9 Å². The van der Waals surface area contributed by atoms with Gasteiger partial charge in [0.2, 0.25) is 0 Å². The zero-order chi connectivity index (χ0) is 25.1.